The van der Waals surface area contributed by atoms with Crippen molar-refractivity contribution in [3.63, 3.8) is 0 Å². The summed E-state index contributed by atoms with van der Waals surface area (Å²) < 4.78 is 0.745. The standard InChI is InChI=1S/C12H16BrClN2O/c1-3-7(2)11(15)12(17)16-8-4-5-10(14)9(13)6-8/h4-7,11H,3,15H2,1-2H3,(H,16,17)/t7?,11-/m0/s1. The van der Waals surface area contributed by atoms with Crippen LogP contribution in [0, 0.1) is 5.92 Å². The molecule has 0 aliphatic rings. The van der Waals surface area contributed by atoms with Crippen molar-refractivity contribution >= 4 is 39.1 Å². The van der Waals surface area contributed by atoms with E-state index < -0.39 is 6.04 Å². The van der Waals surface area contributed by atoms with Gasteiger partial charge in [-0.15, -0.1) is 0 Å². The molecule has 94 valence electrons. The van der Waals surface area contributed by atoms with E-state index >= 15 is 0 Å². The Balaban J connectivity index is 2.71. The summed E-state index contributed by atoms with van der Waals surface area (Å²) in [5.74, 6) is -0.0145. The molecule has 0 heterocycles. The summed E-state index contributed by atoms with van der Waals surface area (Å²) in [4.78, 5) is 11.8. The molecule has 3 nitrogen and oxygen atoms in total. The van der Waals surface area contributed by atoms with Crippen molar-refractivity contribution in [2.24, 2.45) is 11.7 Å². The van der Waals surface area contributed by atoms with E-state index in [4.69, 9.17) is 17.3 Å². The summed E-state index contributed by atoms with van der Waals surface area (Å²) in [6.45, 7) is 3.97. The van der Waals surface area contributed by atoms with E-state index in [9.17, 15) is 4.79 Å². The van der Waals surface area contributed by atoms with Gasteiger partial charge in [0.15, 0.2) is 0 Å². The third-order valence-corrected chi connectivity index (χ3v) is 3.96. The van der Waals surface area contributed by atoms with E-state index in [1.54, 1.807) is 18.2 Å². The topological polar surface area (TPSA) is 55.1 Å². The van der Waals surface area contributed by atoms with E-state index in [0.717, 1.165) is 10.9 Å². The van der Waals surface area contributed by atoms with Gasteiger partial charge in [-0.1, -0.05) is 31.9 Å². The smallest absolute Gasteiger partial charge is 0.241 e. The van der Waals surface area contributed by atoms with Gasteiger partial charge in [0, 0.05) is 10.2 Å². The Hall–Kier alpha value is -0.580. The number of halogens is 2. The Morgan fingerprint density at radius 3 is 2.76 bits per heavy atom. The third kappa shape index (κ3) is 3.98. The Labute approximate surface area is 115 Å². The molecule has 0 spiro atoms. The second-order valence-electron chi connectivity index (χ2n) is 4.03. The summed E-state index contributed by atoms with van der Waals surface area (Å²) >= 11 is 9.17. The Kier molecular flexibility index (Phi) is 5.43. The lowest BCUT2D eigenvalue weighted by Gasteiger charge is -2.17. The molecule has 1 aromatic rings. The normalized spacial score (nSPS) is 14.2. The highest BCUT2D eigenvalue weighted by molar-refractivity contribution is 9.10. The minimum atomic E-state index is -0.491. The van der Waals surface area contributed by atoms with Gasteiger partial charge in [0.1, 0.15) is 0 Å². The molecule has 0 aliphatic carbocycles. The van der Waals surface area contributed by atoms with Crippen LogP contribution in [0.25, 0.3) is 0 Å². The maximum Gasteiger partial charge on any atom is 0.241 e. The van der Waals surface area contributed by atoms with Crippen molar-refractivity contribution in [3.05, 3.63) is 27.7 Å². The highest BCUT2D eigenvalue weighted by Crippen LogP contribution is 2.25. The molecule has 0 radical (unpaired) electrons. The van der Waals surface area contributed by atoms with Crippen LogP contribution in [0.3, 0.4) is 0 Å². The second kappa shape index (κ2) is 6.38. The SMILES string of the molecule is CCC(C)[C@H](N)C(=O)Nc1ccc(Cl)c(Br)c1. The number of hydrogen-bond acceptors (Lipinski definition) is 2. The summed E-state index contributed by atoms with van der Waals surface area (Å²) in [7, 11) is 0. The van der Waals surface area contributed by atoms with Crippen LogP contribution >= 0.6 is 27.5 Å². The Morgan fingerprint density at radius 1 is 1.59 bits per heavy atom. The first kappa shape index (κ1) is 14.5. The largest absolute Gasteiger partial charge is 0.325 e. The second-order valence-corrected chi connectivity index (χ2v) is 5.29. The van der Waals surface area contributed by atoms with Gasteiger partial charge in [-0.25, -0.2) is 0 Å². The van der Waals surface area contributed by atoms with Crippen molar-refractivity contribution < 1.29 is 4.79 Å². The fraction of sp³-hybridized carbons (Fsp3) is 0.417. The highest BCUT2D eigenvalue weighted by Gasteiger charge is 2.19. The van der Waals surface area contributed by atoms with Gasteiger partial charge in [-0.2, -0.15) is 0 Å². The van der Waals surface area contributed by atoms with Crippen molar-refractivity contribution in [3.8, 4) is 0 Å². The van der Waals surface area contributed by atoms with Crippen LogP contribution in [0.2, 0.25) is 5.02 Å². The lowest BCUT2D eigenvalue weighted by atomic mass is 9.99. The maximum absolute atomic E-state index is 11.8. The zero-order valence-corrected chi connectivity index (χ0v) is 12.2. The number of benzene rings is 1. The first-order chi connectivity index (χ1) is 7.95. The molecule has 1 amide bonds. The number of nitrogens with one attached hydrogen (secondary N) is 1. The number of nitrogens with two attached hydrogens (primary N) is 1. The van der Waals surface area contributed by atoms with Crippen LogP contribution in [-0.4, -0.2) is 11.9 Å². The zero-order chi connectivity index (χ0) is 13.0. The summed E-state index contributed by atoms with van der Waals surface area (Å²) in [6, 6.07) is 4.72. The van der Waals surface area contributed by atoms with Crippen LogP contribution in [0.15, 0.2) is 22.7 Å². The third-order valence-electron chi connectivity index (χ3n) is 2.75. The summed E-state index contributed by atoms with van der Waals surface area (Å²) in [5, 5.41) is 3.38. The van der Waals surface area contributed by atoms with Crippen LogP contribution in [-0.2, 0) is 4.79 Å². The predicted molar refractivity (Wildman–Crippen MR) is 75.2 cm³/mol. The maximum atomic E-state index is 11.8. The van der Waals surface area contributed by atoms with Crippen molar-refractivity contribution in [2.45, 2.75) is 26.3 Å². The van der Waals surface area contributed by atoms with Gasteiger partial charge >= 0.3 is 0 Å². The minimum Gasteiger partial charge on any atom is -0.325 e. The number of amides is 1. The molecule has 0 saturated carbocycles. The average Bonchev–Trinajstić information content (AvgIpc) is 2.31. The molecule has 3 N–H and O–H groups in total. The predicted octanol–water partition coefficient (Wildman–Crippen LogP) is 3.41. The van der Waals surface area contributed by atoms with E-state index in [1.165, 1.54) is 0 Å². The molecule has 0 aliphatic heterocycles. The van der Waals surface area contributed by atoms with Crippen LogP contribution in [0.5, 0.6) is 0 Å². The van der Waals surface area contributed by atoms with E-state index in [0.29, 0.717) is 10.7 Å². The monoisotopic (exact) mass is 318 g/mol. The highest BCUT2D eigenvalue weighted by atomic mass is 79.9. The van der Waals surface area contributed by atoms with Gasteiger partial charge in [-0.3, -0.25) is 4.79 Å². The minimum absolute atomic E-state index is 0.158. The molecule has 1 unspecified atom stereocenters. The molecule has 17 heavy (non-hydrogen) atoms. The fourth-order valence-electron chi connectivity index (χ4n) is 1.31. The van der Waals surface area contributed by atoms with Gasteiger partial charge in [-0.05, 0) is 40.0 Å². The number of hydrogen-bond donors (Lipinski definition) is 2. The van der Waals surface area contributed by atoms with Gasteiger partial charge in [0.05, 0.1) is 11.1 Å². The van der Waals surface area contributed by atoms with E-state index in [2.05, 4.69) is 21.2 Å². The lowest BCUT2D eigenvalue weighted by Crippen LogP contribution is -2.40. The van der Waals surface area contributed by atoms with E-state index in [-0.39, 0.29) is 11.8 Å². The molecule has 1 aromatic carbocycles. The molecule has 2 atom stereocenters. The van der Waals surface area contributed by atoms with Crippen molar-refractivity contribution in [1.82, 2.24) is 0 Å². The molecule has 1 rings (SSSR count). The first-order valence-electron chi connectivity index (χ1n) is 5.47. The summed E-state index contributed by atoms with van der Waals surface area (Å²) in [6.07, 6.45) is 0.874. The molecule has 0 fully saturated rings. The number of carbonyl (C=O) groups excluding carboxylic acids is 1. The lowest BCUT2D eigenvalue weighted by molar-refractivity contribution is -0.118. The Bertz CT molecular complexity index is 411. The number of anilines is 1. The van der Waals surface area contributed by atoms with Crippen LogP contribution < -0.4 is 11.1 Å². The van der Waals surface area contributed by atoms with Crippen LogP contribution in [0.1, 0.15) is 20.3 Å². The molecular formula is C12H16BrClN2O. The molecule has 0 saturated heterocycles. The van der Waals surface area contributed by atoms with Crippen LogP contribution in [0.4, 0.5) is 5.69 Å². The number of rotatable bonds is 4. The van der Waals surface area contributed by atoms with Gasteiger partial charge in [0.2, 0.25) is 5.91 Å². The first-order valence-corrected chi connectivity index (χ1v) is 6.64. The molecule has 5 heteroatoms. The summed E-state index contributed by atoms with van der Waals surface area (Å²) in [5.41, 5.74) is 6.52. The van der Waals surface area contributed by atoms with Crippen molar-refractivity contribution in [1.29, 1.82) is 0 Å². The fourth-order valence-corrected chi connectivity index (χ4v) is 1.81. The zero-order valence-electron chi connectivity index (χ0n) is 9.84. The number of carbonyl (C=O) groups is 1. The quantitative estimate of drug-likeness (QED) is 0.893. The van der Waals surface area contributed by atoms with Gasteiger partial charge in [0.25, 0.3) is 0 Å². The Morgan fingerprint density at radius 2 is 2.24 bits per heavy atom. The van der Waals surface area contributed by atoms with E-state index in [1.807, 2.05) is 13.8 Å². The van der Waals surface area contributed by atoms with Gasteiger partial charge < -0.3 is 11.1 Å². The van der Waals surface area contributed by atoms with Crippen molar-refractivity contribution in [2.75, 3.05) is 5.32 Å². The average molecular weight is 320 g/mol. The molecular weight excluding hydrogens is 304 g/mol. The molecule has 0 aromatic heterocycles. The molecule has 0 bridgehead atoms.